The molecule has 1 unspecified atom stereocenters. The fourth-order valence-electron chi connectivity index (χ4n) is 2.89. The van der Waals surface area contributed by atoms with Gasteiger partial charge in [-0.05, 0) is 31.8 Å². The van der Waals surface area contributed by atoms with Crippen LogP contribution >= 0.6 is 0 Å². The molecular weight excluding hydrogens is 242 g/mol. The highest BCUT2D eigenvalue weighted by molar-refractivity contribution is 5.76. The second kappa shape index (κ2) is 7.22. The summed E-state index contributed by atoms with van der Waals surface area (Å²) in [6, 6.07) is 0. The van der Waals surface area contributed by atoms with E-state index in [9.17, 15) is 9.90 Å². The van der Waals surface area contributed by atoms with Crippen LogP contribution in [0, 0.1) is 5.92 Å². The van der Waals surface area contributed by atoms with Crippen molar-refractivity contribution in [1.82, 2.24) is 15.1 Å². The zero-order valence-corrected chi connectivity index (χ0v) is 12.0. The lowest BCUT2D eigenvalue weighted by Gasteiger charge is -2.33. The Hall–Kier alpha value is -0.650. The van der Waals surface area contributed by atoms with Gasteiger partial charge < -0.3 is 15.3 Å². The lowest BCUT2D eigenvalue weighted by atomic mass is 9.99. The molecule has 1 amide bonds. The third-order valence-corrected chi connectivity index (χ3v) is 4.22. The number of aliphatic hydroxyl groups excluding tert-OH is 1. The number of hydrogen-bond donors (Lipinski definition) is 2. The quantitative estimate of drug-likeness (QED) is 0.748. The first kappa shape index (κ1) is 14.8. The van der Waals surface area contributed by atoms with Crippen LogP contribution in [0.2, 0.25) is 0 Å². The maximum absolute atomic E-state index is 11.3. The number of carbonyl (C=O) groups is 1. The molecule has 5 heteroatoms. The summed E-state index contributed by atoms with van der Waals surface area (Å²) in [4.78, 5) is 15.8. The molecule has 0 aromatic heterocycles. The van der Waals surface area contributed by atoms with Crippen molar-refractivity contribution in [3.63, 3.8) is 0 Å². The number of nitrogens with zero attached hydrogens (tertiary/aromatic N) is 2. The van der Waals surface area contributed by atoms with Crippen LogP contribution in [0.4, 0.5) is 0 Å². The number of piperidine rings is 1. The molecule has 2 rings (SSSR count). The van der Waals surface area contributed by atoms with Gasteiger partial charge in [-0.15, -0.1) is 0 Å². The Morgan fingerprint density at radius 2 is 1.84 bits per heavy atom. The molecule has 2 aliphatic rings. The lowest BCUT2D eigenvalue weighted by molar-refractivity contribution is -0.120. The number of likely N-dealkylation sites (tertiary alicyclic amines) is 1. The minimum atomic E-state index is -0.304. The van der Waals surface area contributed by atoms with Crippen molar-refractivity contribution >= 4 is 5.91 Å². The molecule has 2 saturated heterocycles. The first-order valence-electron chi connectivity index (χ1n) is 7.53. The van der Waals surface area contributed by atoms with Gasteiger partial charge in [0.15, 0.2) is 0 Å². The Balaban J connectivity index is 1.68. The van der Waals surface area contributed by atoms with Crippen molar-refractivity contribution in [2.45, 2.75) is 32.3 Å². The van der Waals surface area contributed by atoms with Crippen molar-refractivity contribution in [2.75, 3.05) is 45.8 Å². The van der Waals surface area contributed by atoms with Gasteiger partial charge in [0.1, 0.15) is 0 Å². The monoisotopic (exact) mass is 269 g/mol. The van der Waals surface area contributed by atoms with Gasteiger partial charge in [0.25, 0.3) is 0 Å². The van der Waals surface area contributed by atoms with Crippen molar-refractivity contribution in [1.29, 1.82) is 0 Å². The third kappa shape index (κ3) is 5.09. The van der Waals surface area contributed by atoms with Crippen molar-refractivity contribution < 1.29 is 9.90 Å². The minimum Gasteiger partial charge on any atom is -0.390 e. The summed E-state index contributed by atoms with van der Waals surface area (Å²) in [6.07, 6.45) is 2.74. The molecule has 19 heavy (non-hydrogen) atoms. The van der Waals surface area contributed by atoms with Gasteiger partial charge >= 0.3 is 0 Å². The van der Waals surface area contributed by atoms with Gasteiger partial charge in [0, 0.05) is 39.1 Å². The standard InChI is InChI=1S/C14H27N3O2/c1-12-2-6-16(7-3-12)10-13(18)11-17-8-4-14(19)15-5-9-17/h12-13,18H,2-11H2,1H3,(H,15,19). The van der Waals surface area contributed by atoms with Gasteiger partial charge in [-0.25, -0.2) is 0 Å². The molecule has 0 aliphatic carbocycles. The molecule has 0 saturated carbocycles. The predicted octanol–water partition coefficient (Wildman–Crippen LogP) is -0.0989. The Labute approximate surface area is 115 Å². The van der Waals surface area contributed by atoms with E-state index in [2.05, 4.69) is 22.0 Å². The summed E-state index contributed by atoms with van der Waals surface area (Å²) >= 11 is 0. The van der Waals surface area contributed by atoms with Crippen molar-refractivity contribution in [3.05, 3.63) is 0 Å². The van der Waals surface area contributed by atoms with E-state index in [0.29, 0.717) is 19.5 Å². The zero-order chi connectivity index (χ0) is 13.7. The number of amides is 1. The Kier molecular flexibility index (Phi) is 5.60. The predicted molar refractivity (Wildman–Crippen MR) is 74.9 cm³/mol. The van der Waals surface area contributed by atoms with E-state index >= 15 is 0 Å². The fourth-order valence-corrected chi connectivity index (χ4v) is 2.89. The molecule has 1 atom stereocenters. The molecule has 2 N–H and O–H groups in total. The van der Waals surface area contributed by atoms with Gasteiger partial charge in [-0.1, -0.05) is 6.92 Å². The molecular formula is C14H27N3O2. The number of nitrogens with one attached hydrogen (secondary N) is 1. The molecule has 2 aliphatic heterocycles. The second-order valence-corrected chi connectivity index (χ2v) is 6.04. The molecule has 0 aromatic carbocycles. The Bertz CT molecular complexity index is 290. The molecule has 0 bridgehead atoms. The molecule has 2 heterocycles. The van der Waals surface area contributed by atoms with Gasteiger partial charge in [-0.3, -0.25) is 9.69 Å². The summed E-state index contributed by atoms with van der Waals surface area (Å²) in [7, 11) is 0. The summed E-state index contributed by atoms with van der Waals surface area (Å²) in [6.45, 7) is 8.28. The maximum Gasteiger partial charge on any atom is 0.221 e. The number of carbonyl (C=O) groups excluding carboxylic acids is 1. The lowest BCUT2D eigenvalue weighted by Crippen LogP contribution is -2.43. The Morgan fingerprint density at radius 1 is 1.21 bits per heavy atom. The average molecular weight is 269 g/mol. The van der Waals surface area contributed by atoms with Crippen molar-refractivity contribution in [3.8, 4) is 0 Å². The summed E-state index contributed by atoms with van der Waals surface area (Å²) in [5.41, 5.74) is 0. The van der Waals surface area contributed by atoms with Crippen molar-refractivity contribution in [2.24, 2.45) is 5.92 Å². The summed E-state index contributed by atoms with van der Waals surface area (Å²) in [5.74, 6) is 0.957. The molecule has 5 nitrogen and oxygen atoms in total. The minimum absolute atomic E-state index is 0.127. The van der Waals surface area contributed by atoms with Crippen LogP contribution in [0.25, 0.3) is 0 Å². The average Bonchev–Trinajstić information content (AvgIpc) is 2.57. The zero-order valence-electron chi connectivity index (χ0n) is 12.0. The van der Waals surface area contributed by atoms with Crippen LogP contribution in [0.5, 0.6) is 0 Å². The topological polar surface area (TPSA) is 55.8 Å². The SMILES string of the molecule is CC1CCN(CC(O)CN2CCNC(=O)CC2)CC1. The largest absolute Gasteiger partial charge is 0.390 e. The first-order chi connectivity index (χ1) is 9.13. The highest BCUT2D eigenvalue weighted by atomic mass is 16.3. The third-order valence-electron chi connectivity index (χ3n) is 4.22. The highest BCUT2D eigenvalue weighted by Gasteiger charge is 2.21. The van der Waals surface area contributed by atoms with Crippen LogP contribution in [-0.2, 0) is 4.79 Å². The fraction of sp³-hybridized carbons (Fsp3) is 0.929. The van der Waals surface area contributed by atoms with E-state index in [-0.39, 0.29) is 12.0 Å². The normalized spacial score (nSPS) is 25.9. The molecule has 2 fully saturated rings. The second-order valence-electron chi connectivity index (χ2n) is 6.04. The van der Waals surface area contributed by atoms with E-state index < -0.39 is 0 Å². The summed E-state index contributed by atoms with van der Waals surface area (Å²) in [5, 5.41) is 13.0. The number of rotatable bonds is 4. The van der Waals surface area contributed by atoms with Crippen LogP contribution in [-0.4, -0.2) is 72.7 Å². The van der Waals surface area contributed by atoms with E-state index in [1.54, 1.807) is 0 Å². The smallest absolute Gasteiger partial charge is 0.221 e. The van der Waals surface area contributed by atoms with Gasteiger partial charge in [-0.2, -0.15) is 0 Å². The maximum atomic E-state index is 11.3. The van der Waals surface area contributed by atoms with E-state index in [1.807, 2.05) is 0 Å². The molecule has 0 spiro atoms. The molecule has 0 aromatic rings. The number of hydrogen-bond acceptors (Lipinski definition) is 4. The Morgan fingerprint density at radius 3 is 2.53 bits per heavy atom. The van der Waals surface area contributed by atoms with E-state index in [0.717, 1.165) is 38.6 Å². The van der Waals surface area contributed by atoms with E-state index in [4.69, 9.17) is 0 Å². The molecule has 110 valence electrons. The highest BCUT2D eigenvalue weighted by Crippen LogP contribution is 2.16. The first-order valence-corrected chi connectivity index (χ1v) is 7.53. The van der Waals surface area contributed by atoms with Crippen LogP contribution in [0.3, 0.4) is 0 Å². The van der Waals surface area contributed by atoms with Crippen LogP contribution in [0.15, 0.2) is 0 Å². The van der Waals surface area contributed by atoms with Crippen LogP contribution < -0.4 is 5.32 Å². The van der Waals surface area contributed by atoms with E-state index in [1.165, 1.54) is 12.8 Å². The van der Waals surface area contributed by atoms with Gasteiger partial charge in [0.05, 0.1) is 6.10 Å². The van der Waals surface area contributed by atoms with Crippen LogP contribution in [0.1, 0.15) is 26.2 Å². The number of aliphatic hydroxyl groups is 1. The summed E-state index contributed by atoms with van der Waals surface area (Å²) < 4.78 is 0. The van der Waals surface area contributed by atoms with Gasteiger partial charge in [0.2, 0.25) is 5.91 Å². The molecule has 0 radical (unpaired) electrons. The number of β-amino-alcohol motifs (C(OH)–C–C–N with tert-alkyl or cyclic N) is 1.